The molecule has 0 aliphatic carbocycles. The van der Waals surface area contributed by atoms with Gasteiger partial charge in [0.15, 0.2) is 0 Å². The predicted molar refractivity (Wildman–Crippen MR) is 64.1 cm³/mol. The van der Waals surface area contributed by atoms with Crippen LogP contribution < -0.4 is 10.6 Å². The normalized spacial score (nSPS) is 11.9. The molecular formula is C12H17N3O2. The lowest BCUT2D eigenvalue weighted by Crippen LogP contribution is -2.41. The fraction of sp³-hybridized carbons (Fsp3) is 0.500. The van der Waals surface area contributed by atoms with Crippen LogP contribution in [0.25, 0.3) is 0 Å². The zero-order chi connectivity index (χ0) is 12.8. The van der Waals surface area contributed by atoms with E-state index in [0.29, 0.717) is 12.4 Å². The summed E-state index contributed by atoms with van der Waals surface area (Å²) in [6, 6.07) is -0.337. The van der Waals surface area contributed by atoms with Crippen molar-refractivity contribution in [3.05, 3.63) is 17.3 Å². The predicted octanol–water partition coefficient (Wildman–Crippen LogP) is 0.519. The van der Waals surface area contributed by atoms with Crippen molar-refractivity contribution in [1.82, 2.24) is 15.6 Å². The summed E-state index contributed by atoms with van der Waals surface area (Å²) in [6.07, 6.45) is 5.05. The lowest BCUT2D eigenvalue weighted by molar-refractivity contribution is -0.122. The van der Waals surface area contributed by atoms with Gasteiger partial charge in [-0.2, -0.15) is 0 Å². The smallest absolute Gasteiger partial charge is 0.237 e. The van der Waals surface area contributed by atoms with Crippen molar-refractivity contribution < 1.29 is 9.21 Å². The van der Waals surface area contributed by atoms with Crippen LogP contribution in [0.2, 0.25) is 0 Å². The van der Waals surface area contributed by atoms with E-state index in [4.69, 9.17) is 10.8 Å². The monoisotopic (exact) mass is 235 g/mol. The van der Waals surface area contributed by atoms with Crippen molar-refractivity contribution in [1.29, 1.82) is 0 Å². The minimum atomic E-state index is -0.337. The van der Waals surface area contributed by atoms with Crippen molar-refractivity contribution in [2.75, 3.05) is 6.54 Å². The first-order valence-electron chi connectivity index (χ1n) is 5.42. The lowest BCUT2D eigenvalue weighted by Gasteiger charge is -2.11. The molecule has 1 amide bonds. The van der Waals surface area contributed by atoms with Crippen molar-refractivity contribution in [2.24, 2.45) is 0 Å². The molecule has 92 valence electrons. The van der Waals surface area contributed by atoms with Gasteiger partial charge < -0.3 is 9.73 Å². The first kappa shape index (κ1) is 13.3. The van der Waals surface area contributed by atoms with E-state index in [1.165, 1.54) is 0 Å². The van der Waals surface area contributed by atoms with Gasteiger partial charge in [0, 0.05) is 0 Å². The minimum absolute atomic E-state index is 0.136. The minimum Gasteiger partial charge on any atom is -0.444 e. The summed E-state index contributed by atoms with van der Waals surface area (Å²) in [6.45, 7) is 6.15. The van der Waals surface area contributed by atoms with E-state index < -0.39 is 0 Å². The highest BCUT2D eigenvalue weighted by atomic mass is 16.4. The molecule has 0 spiro atoms. The largest absolute Gasteiger partial charge is 0.444 e. The Morgan fingerprint density at radius 2 is 2.29 bits per heavy atom. The van der Waals surface area contributed by atoms with Gasteiger partial charge in [0.1, 0.15) is 5.76 Å². The molecule has 0 aliphatic rings. The van der Waals surface area contributed by atoms with Crippen molar-refractivity contribution in [3.63, 3.8) is 0 Å². The number of oxazole rings is 1. The zero-order valence-electron chi connectivity index (χ0n) is 10.3. The second-order valence-corrected chi connectivity index (χ2v) is 3.77. The molecular weight excluding hydrogens is 218 g/mol. The molecule has 0 aliphatic heterocycles. The Morgan fingerprint density at radius 1 is 1.59 bits per heavy atom. The number of rotatable bonds is 5. The summed E-state index contributed by atoms with van der Waals surface area (Å²) in [5, 5.41) is 5.61. The molecule has 5 heteroatoms. The zero-order valence-corrected chi connectivity index (χ0v) is 10.3. The van der Waals surface area contributed by atoms with Crippen LogP contribution in [0.15, 0.2) is 4.42 Å². The molecule has 2 N–H and O–H groups in total. The average molecular weight is 235 g/mol. The highest BCUT2D eigenvalue weighted by Gasteiger charge is 2.13. The Balaban J connectivity index is 2.40. The number of amides is 1. The van der Waals surface area contributed by atoms with E-state index >= 15 is 0 Å². The van der Waals surface area contributed by atoms with Gasteiger partial charge in [-0.15, -0.1) is 6.42 Å². The molecule has 0 saturated carbocycles. The Kier molecular flexibility index (Phi) is 4.73. The Hall–Kier alpha value is -1.80. The highest BCUT2D eigenvalue weighted by Crippen LogP contribution is 2.07. The molecule has 0 saturated heterocycles. The molecule has 1 atom stereocenters. The Bertz CT molecular complexity index is 412. The van der Waals surface area contributed by atoms with Crippen molar-refractivity contribution in [3.8, 4) is 12.3 Å². The average Bonchev–Trinajstić information content (AvgIpc) is 2.62. The number of aromatic nitrogens is 1. The van der Waals surface area contributed by atoms with E-state index in [1.54, 1.807) is 6.92 Å². The molecule has 0 fully saturated rings. The molecule has 1 heterocycles. The first-order valence-corrected chi connectivity index (χ1v) is 5.42. The first-order chi connectivity index (χ1) is 8.04. The third-order valence-electron chi connectivity index (χ3n) is 2.39. The van der Waals surface area contributed by atoms with Crippen LogP contribution in [0.5, 0.6) is 0 Å². The van der Waals surface area contributed by atoms with Crippen LogP contribution in [0, 0.1) is 26.2 Å². The molecule has 0 radical (unpaired) electrons. The lowest BCUT2D eigenvalue weighted by atomic mass is 10.3. The number of carbonyl (C=O) groups excluding carboxylic acids is 1. The van der Waals surface area contributed by atoms with Gasteiger partial charge in [-0.3, -0.25) is 10.1 Å². The molecule has 5 nitrogen and oxygen atoms in total. The van der Waals surface area contributed by atoms with Crippen molar-refractivity contribution >= 4 is 5.91 Å². The maximum Gasteiger partial charge on any atom is 0.237 e. The fourth-order valence-electron chi connectivity index (χ4n) is 1.24. The summed E-state index contributed by atoms with van der Waals surface area (Å²) < 4.78 is 5.39. The van der Waals surface area contributed by atoms with Crippen LogP contribution in [0.1, 0.15) is 24.3 Å². The fourth-order valence-corrected chi connectivity index (χ4v) is 1.24. The standard InChI is InChI=1S/C12H17N3O2/c1-5-6-13-12(16)9(3)14-7-11-15-8(2)10(4)17-11/h1,9,14H,6-7H2,2-4H3,(H,13,16). The number of terminal acetylenes is 1. The van der Waals surface area contributed by atoms with E-state index in [0.717, 1.165) is 11.5 Å². The van der Waals surface area contributed by atoms with Crippen LogP contribution in [0.4, 0.5) is 0 Å². The van der Waals surface area contributed by atoms with E-state index in [9.17, 15) is 4.79 Å². The van der Waals surface area contributed by atoms with Crippen LogP contribution >= 0.6 is 0 Å². The van der Waals surface area contributed by atoms with E-state index in [-0.39, 0.29) is 18.5 Å². The molecule has 0 aromatic carbocycles. The topological polar surface area (TPSA) is 67.2 Å². The van der Waals surface area contributed by atoms with Crippen molar-refractivity contribution in [2.45, 2.75) is 33.4 Å². The van der Waals surface area contributed by atoms with E-state index in [2.05, 4.69) is 21.5 Å². The number of nitrogens with one attached hydrogen (secondary N) is 2. The van der Waals surface area contributed by atoms with Gasteiger partial charge in [-0.05, 0) is 20.8 Å². The molecule has 1 aromatic rings. The van der Waals surface area contributed by atoms with Gasteiger partial charge in [-0.1, -0.05) is 5.92 Å². The summed E-state index contributed by atoms with van der Waals surface area (Å²) in [5.74, 6) is 3.59. The third-order valence-corrected chi connectivity index (χ3v) is 2.39. The molecule has 1 aromatic heterocycles. The maximum atomic E-state index is 11.5. The summed E-state index contributed by atoms with van der Waals surface area (Å²) in [5.41, 5.74) is 0.867. The molecule has 0 bridgehead atoms. The van der Waals surface area contributed by atoms with Crippen LogP contribution in [-0.2, 0) is 11.3 Å². The highest BCUT2D eigenvalue weighted by molar-refractivity contribution is 5.81. The third kappa shape index (κ3) is 3.93. The summed E-state index contributed by atoms with van der Waals surface area (Å²) in [7, 11) is 0. The van der Waals surface area contributed by atoms with Gasteiger partial charge >= 0.3 is 0 Å². The van der Waals surface area contributed by atoms with Gasteiger partial charge in [0.25, 0.3) is 0 Å². The second kappa shape index (κ2) is 6.06. The van der Waals surface area contributed by atoms with Crippen LogP contribution in [-0.4, -0.2) is 23.5 Å². The van der Waals surface area contributed by atoms with E-state index in [1.807, 2.05) is 13.8 Å². The number of carbonyl (C=O) groups is 1. The maximum absolute atomic E-state index is 11.5. The quantitative estimate of drug-likeness (QED) is 0.730. The van der Waals surface area contributed by atoms with Crippen LogP contribution in [0.3, 0.4) is 0 Å². The number of hydrogen-bond acceptors (Lipinski definition) is 4. The molecule has 1 unspecified atom stereocenters. The summed E-state index contributed by atoms with van der Waals surface area (Å²) >= 11 is 0. The second-order valence-electron chi connectivity index (χ2n) is 3.77. The number of nitrogens with zero attached hydrogens (tertiary/aromatic N) is 1. The Morgan fingerprint density at radius 3 is 2.82 bits per heavy atom. The Labute approximate surface area is 101 Å². The number of aryl methyl sites for hydroxylation is 2. The number of hydrogen-bond donors (Lipinski definition) is 2. The van der Waals surface area contributed by atoms with Gasteiger partial charge in [0.2, 0.25) is 11.8 Å². The van der Waals surface area contributed by atoms with Gasteiger partial charge in [0.05, 0.1) is 24.8 Å². The summed E-state index contributed by atoms with van der Waals surface area (Å²) in [4.78, 5) is 15.7. The molecule has 1 rings (SSSR count). The van der Waals surface area contributed by atoms with Gasteiger partial charge in [-0.25, -0.2) is 4.98 Å². The SMILES string of the molecule is C#CCNC(=O)C(C)NCc1nc(C)c(C)o1. The molecule has 17 heavy (non-hydrogen) atoms.